The van der Waals surface area contributed by atoms with Crippen molar-refractivity contribution in [3.8, 4) is 0 Å². The molecular weight excluding hydrogens is 235 g/mol. The number of anilines is 1. The van der Waals surface area contributed by atoms with Gasteiger partial charge in [0, 0.05) is 32.3 Å². The van der Waals surface area contributed by atoms with Crippen LogP contribution in [0, 0.1) is 0 Å². The monoisotopic (exact) mass is 246 g/mol. The number of halogens is 2. The van der Waals surface area contributed by atoms with E-state index in [-0.39, 0.29) is 0 Å². The highest BCUT2D eigenvalue weighted by Crippen LogP contribution is 2.25. The van der Waals surface area contributed by atoms with Gasteiger partial charge in [-0.3, -0.25) is 0 Å². The molecular formula is C10H12Cl2N2O. The lowest BCUT2D eigenvalue weighted by molar-refractivity contribution is 0.0783. The summed E-state index contributed by atoms with van der Waals surface area (Å²) in [6, 6.07) is 1.93. The van der Waals surface area contributed by atoms with Crippen LogP contribution in [0.5, 0.6) is 0 Å². The van der Waals surface area contributed by atoms with Gasteiger partial charge < -0.3 is 9.64 Å². The Balaban J connectivity index is 2.10. The minimum Gasteiger partial charge on any atom is -0.378 e. The maximum Gasteiger partial charge on any atom is 0.129 e. The Hall–Kier alpha value is -0.510. The maximum absolute atomic E-state index is 5.93. The Morgan fingerprint density at radius 3 is 2.93 bits per heavy atom. The van der Waals surface area contributed by atoms with Crippen molar-refractivity contribution >= 4 is 29.0 Å². The Kier molecular flexibility index (Phi) is 3.34. The van der Waals surface area contributed by atoms with E-state index >= 15 is 0 Å². The van der Waals surface area contributed by atoms with Crippen molar-refractivity contribution in [2.45, 2.75) is 12.0 Å². The molecule has 1 fully saturated rings. The third-order valence-corrected chi connectivity index (χ3v) is 3.20. The molecule has 1 saturated heterocycles. The molecule has 0 spiro atoms. The van der Waals surface area contributed by atoms with E-state index in [1.165, 1.54) is 0 Å². The molecule has 82 valence electrons. The van der Waals surface area contributed by atoms with Crippen molar-refractivity contribution in [3.05, 3.63) is 22.8 Å². The summed E-state index contributed by atoms with van der Waals surface area (Å²) in [7, 11) is 1.72. The topological polar surface area (TPSA) is 25.4 Å². The van der Waals surface area contributed by atoms with Crippen LogP contribution in [0.1, 0.15) is 5.56 Å². The highest BCUT2D eigenvalue weighted by atomic mass is 35.5. The molecule has 2 rings (SSSR count). The fraction of sp³-hybridized carbons (Fsp3) is 0.500. The SMILES string of the molecule is COC1CN(c2cc(CCl)c(Cl)cn2)C1. The first-order chi connectivity index (χ1) is 7.24. The molecule has 15 heavy (non-hydrogen) atoms. The van der Waals surface area contributed by atoms with Crippen molar-refractivity contribution < 1.29 is 4.74 Å². The van der Waals surface area contributed by atoms with Crippen LogP contribution in [0.15, 0.2) is 12.3 Å². The van der Waals surface area contributed by atoms with Crippen LogP contribution in [0.3, 0.4) is 0 Å². The zero-order valence-electron chi connectivity index (χ0n) is 8.41. The molecule has 5 heteroatoms. The molecule has 0 amide bonds. The molecule has 1 aliphatic heterocycles. The zero-order valence-corrected chi connectivity index (χ0v) is 9.92. The molecule has 0 unspecified atom stereocenters. The van der Waals surface area contributed by atoms with Crippen LogP contribution in [0.25, 0.3) is 0 Å². The number of ether oxygens (including phenoxy) is 1. The van der Waals surface area contributed by atoms with E-state index in [2.05, 4.69) is 9.88 Å². The summed E-state index contributed by atoms with van der Waals surface area (Å²) in [6.07, 6.45) is 1.97. The second kappa shape index (κ2) is 4.56. The lowest BCUT2D eigenvalue weighted by Gasteiger charge is -2.39. The predicted molar refractivity (Wildman–Crippen MR) is 61.8 cm³/mol. The number of hydrogen-bond donors (Lipinski definition) is 0. The van der Waals surface area contributed by atoms with Gasteiger partial charge in [0.15, 0.2) is 0 Å². The molecule has 1 aromatic heterocycles. The van der Waals surface area contributed by atoms with E-state index in [4.69, 9.17) is 27.9 Å². The van der Waals surface area contributed by atoms with E-state index in [1.54, 1.807) is 13.3 Å². The second-order valence-corrected chi connectivity index (χ2v) is 4.20. The van der Waals surface area contributed by atoms with Gasteiger partial charge in [-0.15, -0.1) is 11.6 Å². The first-order valence-corrected chi connectivity index (χ1v) is 5.64. The minimum atomic E-state index is 0.321. The average molecular weight is 247 g/mol. The van der Waals surface area contributed by atoms with Crippen LogP contribution in [0.4, 0.5) is 5.82 Å². The lowest BCUT2D eigenvalue weighted by Crippen LogP contribution is -2.52. The highest BCUT2D eigenvalue weighted by molar-refractivity contribution is 6.32. The minimum absolute atomic E-state index is 0.321. The van der Waals surface area contributed by atoms with E-state index in [0.717, 1.165) is 24.5 Å². The third kappa shape index (κ3) is 2.19. The number of nitrogens with zero attached hydrogens (tertiary/aromatic N) is 2. The van der Waals surface area contributed by atoms with Crippen LogP contribution >= 0.6 is 23.2 Å². The van der Waals surface area contributed by atoms with Gasteiger partial charge >= 0.3 is 0 Å². The molecule has 0 bridgehead atoms. The lowest BCUT2D eigenvalue weighted by atomic mass is 10.1. The molecule has 0 saturated carbocycles. The summed E-state index contributed by atoms with van der Waals surface area (Å²) in [4.78, 5) is 6.40. The molecule has 0 aromatic carbocycles. The van der Waals surface area contributed by atoms with Crippen molar-refractivity contribution in [2.24, 2.45) is 0 Å². The quantitative estimate of drug-likeness (QED) is 0.766. The van der Waals surface area contributed by atoms with Gasteiger partial charge in [-0.05, 0) is 11.6 Å². The smallest absolute Gasteiger partial charge is 0.129 e. The Morgan fingerprint density at radius 1 is 1.60 bits per heavy atom. The van der Waals surface area contributed by atoms with Crippen LogP contribution < -0.4 is 4.90 Å². The first-order valence-electron chi connectivity index (χ1n) is 4.72. The van der Waals surface area contributed by atoms with Crippen LogP contribution in [-0.4, -0.2) is 31.3 Å². The fourth-order valence-corrected chi connectivity index (χ4v) is 1.98. The number of rotatable bonds is 3. The molecule has 0 N–H and O–H groups in total. The van der Waals surface area contributed by atoms with Crippen molar-refractivity contribution in [2.75, 3.05) is 25.1 Å². The molecule has 0 radical (unpaired) electrons. The normalized spacial score (nSPS) is 16.6. The zero-order chi connectivity index (χ0) is 10.8. The molecule has 2 heterocycles. The van der Waals surface area contributed by atoms with Crippen molar-refractivity contribution in [1.29, 1.82) is 0 Å². The maximum atomic E-state index is 5.93. The van der Waals surface area contributed by atoms with Crippen molar-refractivity contribution in [1.82, 2.24) is 4.98 Å². The summed E-state index contributed by atoms with van der Waals surface area (Å²) >= 11 is 11.7. The van der Waals surface area contributed by atoms with Gasteiger partial charge in [-0.2, -0.15) is 0 Å². The summed E-state index contributed by atoms with van der Waals surface area (Å²) in [6.45, 7) is 1.76. The fourth-order valence-electron chi connectivity index (χ4n) is 1.52. The number of hydrogen-bond acceptors (Lipinski definition) is 3. The Bertz CT molecular complexity index is 353. The number of methoxy groups -OCH3 is 1. The Labute approximate surface area is 98.9 Å². The molecule has 1 aliphatic rings. The highest BCUT2D eigenvalue weighted by Gasteiger charge is 2.27. The molecule has 3 nitrogen and oxygen atoms in total. The van der Waals surface area contributed by atoms with Gasteiger partial charge in [-0.25, -0.2) is 4.98 Å². The number of pyridine rings is 1. The summed E-state index contributed by atoms with van der Waals surface area (Å²) in [5.74, 6) is 1.33. The number of aromatic nitrogens is 1. The van der Waals surface area contributed by atoms with Gasteiger partial charge in [0.25, 0.3) is 0 Å². The van der Waals surface area contributed by atoms with E-state index in [0.29, 0.717) is 17.0 Å². The first kappa shape index (κ1) is 11.0. The molecule has 0 aliphatic carbocycles. The standard InChI is InChI=1S/C10H12Cl2N2O/c1-15-8-5-14(6-8)10-2-7(3-11)9(12)4-13-10/h2,4,8H,3,5-6H2,1H3. The second-order valence-electron chi connectivity index (χ2n) is 3.53. The van der Waals surface area contributed by atoms with Crippen LogP contribution in [-0.2, 0) is 10.6 Å². The van der Waals surface area contributed by atoms with E-state index in [9.17, 15) is 0 Å². The third-order valence-electron chi connectivity index (χ3n) is 2.57. The average Bonchev–Trinajstić information content (AvgIpc) is 2.19. The number of alkyl halides is 1. The molecule has 0 atom stereocenters. The van der Waals surface area contributed by atoms with Crippen LogP contribution in [0.2, 0.25) is 5.02 Å². The van der Waals surface area contributed by atoms with Gasteiger partial charge in [0.05, 0.1) is 11.1 Å². The van der Waals surface area contributed by atoms with E-state index < -0.39 is 0 Å². The molecule has 1 aromatic rings. The summed E-state index contributed by atoms with van der Waals surface area (Å²) in [5.41, 5.74) is 0.921. The van der Waals surface area contributed by atoms with Gasteiger partial charge in [0.2, 0.25) is 0 Å². The van der Waals surface area contributed by atoms with Gasteiger partial charge in [-0.1, -0.05) is 11.6 Å². The van der Waals surface area contributed by atoms with Crippen molar-refractivity contribution in [3.63, 3.8) is 0 Å². The summed E-state index contributed by atoms with van der Waals surface area (Å²) < 4.78 is 5.20. The largest absolute Gasteiger partial charge is 0.378 e. The Morgan fingerprint density at radius 2 is 2.33 bits per heavy atom. The summed E-state index contributed by atoms with van der Waals surface area (Å²) in [5, 5.41) is 0.623. The predicted octanol–water partition coefficient (Wildman–Crippen LogP) is 2.31. The van der Waals surface area contributed by atoms with Gasteiger partial charge in [0.1, 0.15) is 5.82 Å². The van der Waals surface area contributed by atoms with E-state index in [1.807, 2.05) is 6.07 Å².